The van der Waals surface area contributed by atoms with Crippen LogP contribution in [-0.4, -0.2) is 10.2 Å². The Bertz CT molecular complexity index is 382. The van der Waals surface area contributed by atoms with E-state index in [1.165, 1.54) is 0 Å². The Kier molecular flexibility index (Phi) is 1.98. The van der Waals surface area contributed by atoms with E-state index < -0.39 is 0 Å². The minimum atomic E-state index is 0.663. The van der Waals surface area contributed by atoms with Gasteiger partial charge in [0.15, 0.2) is 0 Å². The molecule has 1 aromatic heterocycles. The van der Waals surface area contributed by atoms with Crippen LogP contribution in [0.3, 0.4) is 0 Å². The second kappa shape index (κ2) is 3.13. The lowest BCUT2D eigenvalue weighted by molar-refractivity contribution is 0.965. The topological polar surface area (TPSA) is 40.7 Å². The van der Waals surface area contributed by atoms with Gasteiger partial charge in [-0.3, -0.25) is 5.10 Å². The summed E-state index contributed by atoms with van der Waals surface area (Å²) in [6, 6.07) is 6.06. The van der Waals surface area contributed by atoms with Crippen molar-refractivity contribution < 1.29 is 0 Å². The first-order valence-electron chi connectivity index (χ1n) is 3.65. The zero-order chi connectivity index (χ0) is 8.39. The number of aromatic nitrogens is 2. The molecule has 2 N–H and O–H groups in total. The molecule has 0 radical (unpaired) electrons. The van der Waals surface area contributed by atoms with Crippen molar-refractivity contribution in [3.8, 4) is 0 Å². The van der Waals surface area contributed by atoms with Crippen LogP contribution >= 0.6 is 11.8 Å². The Morgan fingerprint density at radius 2 is 2.42 bits per heavy atom. The summed E-state index contributed by atoms with van der Waals surface area (Å²) in [5.41, 5.74) is 2.18. The molecule has 2 aromatic rings. The molecule has 0 unspecified atom stereocenters. The highest BCUT2D eigenvalue weighted by atomic mass is 35.5. The molecule has 1 heterocycles. The van der Waals surface area contributed by atoms with Gasteiger partial charge in [0.1, 0.15) is 0 Å². The predicted octanol–water partition coefficient (Wildman–Crippen LogP) is 1.81. The standard InChI is InChI=1S/C8H8ClN3/c9-10-4-6-1-2-7-5-11-12-8(7)3-6/h1-3,5,10H,4H2,(H,11,12). The largest absolute Gasteiger partial charge is 0.278 e. The summed E-state index contributed by atoms with van der Waals surface area (Å²) >= 11 is 5.39. The van der Waals surface area contributed by atoms with E-state index in [4.69, 9.17) is 11.8 Å². The summed E-state index contributed by atoms with van der Waals surface area (Å²) in [5, 5.41) is 7.94. The number of hydrogen-bond donors (Lipinski definition) is 2. The van der Waals surface area contributed by atoms with Gasteiger partial charge in [0.2, 0.25) is 0 Å². The summed E-state index contributed by atoms with van der Waals surface area (Å²) in [5.74, 6) is 0. The first-order valence-corrected chi connectivity index (χ1v) is 4.03. The molecule has 0 saturated carbocycles. The van der Waals surface area contributed by atoms with Gasteiger partial charge in [-0.15, -0.1) is 0 Å². The first-order chi connectivity index (χ1) is 5.90. The van der Waals surface area contributed by atoms with Crippen LogP contribution in [0, 0.1) is 0 Å². The third-order valence-electron chi connectivity index (χ3n) is 1.78. The van der Waals surface area contributed by atoms with Crippen molar-refractivity contribution in [2.45, 2.75) is 6.54 Å². The Hall–Kier alpha value is -1.06. The lowest BCUT2D eigenvalue weighted by atomic mass is 10.2. The van der Waals surface area contributed by atoms with E-state index in [2.05, 4.69) is 15.0 Å². The second-order valence-electron chi connectivity index (χ2n) is 2.60. The zero-order valence-electron chi connectivity index (χ0n) is 6.34. The normalized spacial score (nSPS) is 10.8. The number of benzene rings is 1. The SMILES string of the molecule is ClNCc1ccc2cn[nH]c2c1. The molecular formula is C8H8ClN3. The predicted molar refractivity (Wildman–Crippen MR) is 48.8 cm³/mol. The van der Waals surface area contributed by atoms with Crippen LogP contribution in [0.25, 0.3) is 10.9 Å². The molecular weight excluding hydrogens is 174 g/mol. The summed E-state index contributed by atoms with van der Waals surface area (Å²) < 4.78 is 0. The number of fused-ring (bicyclic) bond motifs is 1. The molecule has 62 valence electrons. The van der Waals surface area contributed by atoms with Crippen molar-refractivity contribution >= 4 is 22.7 Å². The number of nitrogens with zero attached hydrogens (tertiary/aromatic N) is 1. The number of aromatic amines is 1. The molecule has 0 aliphatic carbocycles. The van der Waals surface area contributed by atoms with Gasteiger partial charge in [0, 0.05) is 11.9 Å². The van der Waals surface area contributed by atoms with E-state index in [9.17, 15) is 0 Å². The maximum absolute atomic E-state index is 5.39. The van der Waals surface area contributed by atoms with E-state index in [1.54, 1.807) is 6.20 Å². The fourth-order valence-corrected chi connectivity index (χ4v) is 1.33. The smallest absolute Gasteiger partial charge is 0.0653 e. The van der Waals surface area contributed by atoms with Gasteiger partial charge in [-0.25, -0.2) is 4.84 Å². The van der Waals surface area contributed by atoms with Crippen molar-refractivity contribution in [2.75, 3.05) is 0 Å². The van der Waals surface area contributed by atoms with Crippen molar-refractivity contribution in [3.05, 3.63) is 30.0 Å². The van der Waals surface area contributed by atoms with Gasteiger partial charge >= 0.3 is 0 Å². The van der Waals surface area contributed by atoms with Gasteiger partial charge in [-0.2, -0.15) is 5.10 Å². The average Bonchev–Trinajstić information content (AvgIpc) is 2.51. The molecule has 0 atom stereocenters. The Morgan fingerprint density at radius 3 is 3.25 bits per heavy atom. The Balaban J connectivity index is 2.46. The average molecular weight is 182 g/mol. The molecule has 3 nitrogen and oxygen atoms in total. The molecule has 0 spiro atoms. The molecule has 0 aliphatic rings. The third kappa shape index (κ3) is 1.29. The highest BCUT2D eigenvalue weighted by Gasteiger charge is 1.96. The van der Waals surface area contributed by atoms with Crippen molar-refractivity contribution in [1.82, 2.24) is 15.0 Å². The minimum absolute atomic E-state index is 0.663. The molecule has 0 bridgehead atoms. The first kappa shape index (κ1) is 7.58. The maximum atomic E-state index is 5.39. The van der Waals surface area contributed by atoms with Crippen LogP contribution in [0.4, 0.5) is 0 Å². The number of nitrogens with one attached hydrogen (secondary N) is 2. The molecule has 2 rings (SSSR count). The van der Waals surface area contributed by atoms with Crippen molar-refractivity contribution in [1.29, 1.82) is 0 Å². The van der Waals surface area contributed by atoms with E-state index in [0.717, 1.165) is 16.5 Å². The van der Waals surface area contributed by atoms with E-state index in [0.29, 0.717) is 6.54 Å². The fourth-order valence-electron chi connectivity index (χ4n) is 1.17. The highest BCUT2D eigenvalue weighted by Crippen LogP contribution is 2.12. The van der Waals surface area contributed by atoms with Gasteiger partial charge in [-0.05, 0) is 23.4 Å². The van der Waals surface area contributed by atoms with E-state index >= 15 is 0 Å². The third-order valence-corrected chi connectivity index (χ3v) is 1.91. The quantitative estimate of drug-likeness (QED) is 0.694. The van der Waals surface area contributed by atoms with E-state index in [-0.39, 0.29) is 0 Å². The van der Waals surface area contributed by atoms with Crippen LogP contribution < -0.4 is 4.84 Å². The Labute approximate surface area is 74.8 Å². The molecule has 0 saturated heterocycles. The summed E-state index contributed by atoms with van der Waals surface area (Å²) in [4.78, 5) is 2.58. The summed E-state index contributed by atoms with van der Waals surface area (Å²) in [7, 11) is 0. The molecule has 12 heavy (non-hydrogen) atoms. The molecule has 0 amide bonds. The van der Waals surface area contributed by atoms with Crippen molar-refractivity contribution in [3.63, 3.8) is 0 Å². The maximum Gasteiger partial charge on any atom is 0.0653 e. The van der Waals surface area contributed by atoms with Crippen LogP contribution in [0.1, 0.15) is 5.56 Å². The summed E-state index contributed by atoms with van der Waals surface area (Å²) in [6.45, 7) is 0.663. The molecule has 0 aliphatic heterocycles. The fraction of sp³-hybridized carbons (Fsp3) is 0.125. The lowest BCUT2D eigenvalue weighted by Crippen LogP contribution is -1.97. The van der Waals surface area contributed by atoms with Crippen LogP contribution in [-0.2, 0) is 6.54 Å². The van der Waals surface area contributed by atoms with Crippen LogP contribution in [0.2, 0.25) is 0 Å². The van der Waals surface area contributed by atoms with Gasteiger partial charge in [-0.1, -0.05) is 12.1 Å². The monoisotopic (exact) mass is 181 g/mol. The molecule has 4 heteroatoms. The highest BCUT2D eigenvalue weighted by molar-refractivity contribution is 6.13. The zero-order valence-corrected chi connectivity index (χ0v) is 7.10. The van der Waals surface area contributed by atoms with Gasteiger partial charge < -0.3 is 0 Å². The van der Waals surface area contributed by atoms with Crippen molar-refractivity contribution in [2.24, 2.45) is 0 Å². The lowest BCUT2D eigenvalue weighted by Gasteiger charge is -1.97. The number of halogens is 1. The second-order valence-corrected chi connectivity index (χ2v) is 2.87. The van der Waals surface area contributed by atoms with Gasteiger partial charge in [0.05, 0.1) is 11.7 Å². The number of H-pyrrole nitrogens is 1. The van der Waals surface area contributed by atoms with Crippen LogP contribution in [0.15, 0.2) is 24.4 Å². The summed E-state index contributed by atoms with van der Waals surface area (Å²) in [6.07, 6.45) is 1.80. The van der Waals surface area contributed by atoms with Crippen LogP contribution in [0.5, 0.6) is 0 Å². The molecule has 0 fully saturated rings. The van der Waals surface area contributed by atoms with E-state index in [1.807, 2.05) is 18.2 Å². The van der Waals surface area contributed by atoms with Gasteiger partial charge in [0.25, 0.3) is 0 Å². The Morgan fingerprint density at radius 1 is 1.50 bits per heavy atom. The number of rotatable bonds is 2. The minimum Gasteiger partial charge on any atom is -0.278 e. The molecule has 1 aromatic carbocycles. The number of hydrogen-bond acceptors (Lipinski definition) is 2.